The SMILES string of the molecule is Cc1ccoc1-c1nnc(CCC(=O)O)o1. The summed E-state index contributed by atoms with van der Waals surface area (Å²) in [5, 5.41) is 16.0. The van der Waals surface area contributed by atoms with Gasteiger partial charge in [-0.3, -0.25) is 4.79 Å². The third kappa shape index (κ3) is 2.10. The summed E-state index contributed by atoms with van der Waals surface area (Å²) in [5.74, 6) is 0.207. The number of nitrogens with zero attached hydrogens (tertiary/aromatic N) is 2. The molecule has 0 aliphatic rings. The highest BCUT2D eigenvalue weighted by Gasteiger charge is 2.14. The van der Waals surface area contributed by atoms with E-state index >= 15 is 0 Å². The fourth-order valence-corrected chi connectivity index (χ4v) is 1.25. The van der Waals surface area contributed by atoms with Crippen molar-refractivity contribution < 1.29 is 18.7 Å². The highest BCUT2D eigenvalue weighted by atomic mass is 16.4. The highest BCUT2D eigenvalue weighted by molar-refractivity contribution is 5.66. The van der Waals surface area contributed by atoms with Crippen LogP contribution in [0.2, 0.25) is 0 Å². The normalized spacial score (nSPS) is 10.6. The number of aromatic nitrogens is 2. The second-order valence-electron chi connectivity index (χ2n) is 3.33. The first-order valence-electron chi connectivity index (χ1n) is 4.75. The number of rotatable bonds is 4. The number of carboxylic acids is 1. The highest BCUT2D eigenvalue weighted by Crippen LogP contribution is 2.22. The van der Waals surface area contributed by atoms with Crippen LogP contribution in [0.15, 0.2) is 21.2 Å². The van der Waals surface area contributed by atoms with Crippen molar-refractivity contribution in [3.63, 3.8) is 0 Å². The molecule has 2 heterocycles. The summed E-state index contributed by atoms with van der Waals surface area (Å²) in [4.78, 5) is 10.4. The van der Waals surface area contributed by atoms with Crippen LogP contribution in [0.1, 0.15) is 17.9 Å². The molecule has 0 bridgehead atoms. The van der Waals surface area contributed by atoms with Crippen molar-refractivity contribution in [1.82, 2.24) is 10.2 Å². The minimum absolute atomic E-state index is 0.0290. The molecule has 0 aromatic carbocycles. The van der Waals surface area contributed by atoms with Gasteiger partial charge in [0.15, 0.2) is 5.76 Å². The smallest absolute Gasteiger partial charge is 0.303 e. The summed E-state index contributed by atoms with van der Waals surface area (Å²) >= 11 is 0. The standard InChI is InChI=1S/C10H10N2O4/c1-6-4-5-15-9(6)10-12-11-7(16-10)2-3-8(13)14/h4-5H,2-3H2,1H3,(H,13,14). The van der Waals surface area contributed by atoms with Crippen molar-refractivity contribution in [3.05, 3.63) is 23.8 Å². The van der Waals surface area contributed by atoms with Crippen molar-refractivity contribution in [2.45, 2.75) is 19.8 Å². The fourth-order valence-electron chi connectivity index (χ4n) is 1.25. The Hall–Kier alpha value is -2.11. The van der Waals surface area contributed by atoms with Crippen molar-refractivity contribution in [2.24, 2.45) is 0 Å². The molecule has 2 aromatic heterocycles. The van der Waals surface area contributed by atoms with E-state index in [0.717, 1.165) is 5.56 Å². The average molecular weight is 222 g/mol. The van der Waals surface area contributed by atoms with Gasteiger partial charge in [0.05, 0.1) is 12.7 Å². The van der Waals surface area contributed by atoms with Crippen LogP contribution in [0.3, 0.4) is 0 Å². The van der Waals surface area contributed by atoms with Gasteiger partial charge in [-0.15, -0.1) is 10.2 Å². The first-order chi connectivity index (χ1) is 7.66. The van der Waals surface area contributed by atoms with Crippen molar-refractivity contribution in [3.8, 4) is 11.7 Å². The predicted octanol–water partition coefficient (Wildman–Crippen LogP) is 1.66. The van der Waals surface area contributed by atoms with Gasteiger partial charge in [0.2, 0.25) is 5.89 Å². The molecule has 1 N–H and O–H groups in total. The van der Waals surface area contributed by atoms with E-state index in [0.29, 0.717) is 11.7 Å². The van der Waals surface area contributed by atoms with Crippen LogP contribution < -0.4 is 0 Å². The summed E-state index contributed by atoms with van der Waals surface area (Å²) in [7, 11) is 0. The van der Waals surface area contributed by atoms with E-state index in [9.17, 15) is 4.79 Å². The number of carbonyl (C=O) groups is 1. The summed E-state index contributed by atoms with van der Waals surface area (Å²) in [6.45, 7) is 1.86. The summed E-state index contributed by atoms with van der Waals surface area (Å²) in [6.07, 6.45) is 1.73. The predicted molar refractivity (Wildman–Crippen MR) is 52.7 cm³/mol. The molecule has 0 saturated carbocycles. The van der Waals surface area contributed by atoms with E-state index in [-0.39, 0.29) is 18.7 Å². The van der Waals surface area contributed by atoms with Crippen LogP contribution in [-0.4, -0.2) is 21.3 Å². The Morgan fingerprint density at radius 3 is 2.94 bits per heavy atom. The van der Waals surface area contributed by atoms with E-state index in [4.69, 9.17) is 13.9 Å². The molecule has 0 radical (unpaired) electrons. The van der Waals surface area contributed by atoms with Crippen molar-refractivity contribution in [2.75, 3.05) is 0 Å². The molecule has 0 fully saturated rings. The first kappa shape index (κ1) is 10.4. The van der Waals surface area contributed by atoms with Gasteiger partial charge >= 0.3 is 5.97 Å². The lowest BCUT2D eigenvalue weighted by Crippen LogP contribution is -1.97. The average Bonchev–Trinajstić information content (AvgIpc) is 2.83. The van der Waals surface area contributed by atoms with Crippen LogP contribution in [0.4, 0.5) is 0 Å². The zero-order chi connectivity index (χ0) is 11.5. The maximum atomic E-state index is 10.4. The van der Waals surface area contributed by atoms with Gasteiger partial charge in [0.1, 0.15) is 0 Å². The van der Waals surface area contributed by atoms with Crippen molar-refractivity contribution in [1.29, 1.82) is 0 Å². The Kier molecular flexibility index (Phi) is 2.72. The second kappa shape index (κ2) is 4.18. The van der Waals surface area contributed by atoms with Gasteiger partial charge in [-0.2, -0.15) is 0 Å². The van der Waals surface area contributed by atoms with Crippen LogP contribution >= 0.6 is 0 Å². The molecule has 0 atom stereocenters. The zero-order valence-corrected chi connectivity index (χ0v) is 8.64. The molecule has 0 spiro atoms. The molecule has 0 aliphatic heterocycles. The third-order valence-electron chi connectivity index (χ3n) is 2.08. The molecule has 0 unspecified atom stereocenters. The lowest BCUT2D eigenvalue weighted by molar-refractivity contribution is -0.137. The van der Waals surface area contributed by atoms with Gasteiger partial charge in [0.25, 0.3) is 5.89 Å². The fraction of sp³-hybridized carbons (Fsp3) is 0.300. The molecular weight excluding hydrogens is 212 g/mol. The van der Waals surface area contributed by atoms with Crippen molar-refractivity contribution >= 4 is 5.97 Å². The Morgan fingerprint density at radius 2 is 2.31 bits per heavy atom. The van der Waals surface area contributed by atoms with E-state index in [1.165, 1.54) is 6.26 Å². The van der Waals surface area contributed by atoms with Crippen LogP contribution in [-0.2, 0) is 11.2 Å². The lowest BCUT2D eigenvalue weighted by Gasteiger charge is -1.90. The summed E-state index contributed by atoms with van der Waals surface area (Å²) in [5.41, 5.74) is 0.897. The Morgan fingerprint density at radius 1 is 1.50 bits per heavy atom. The Labute approximate surface area is 90.9 Å². The quantitative estimate of drug-likeness (QED) is 0.845. The van der Waals surface area contributed by atoms with Crippen LogP contribution in [0, 0.1) is 6.92 Å². The first-order valence-corrected chi connectivity index (χ1v) is 4.75. The number of hydrogen-bond donors (Lipinski definition) is 1. The van der Waals surface area contributed by atoms with Crippen LogP contribution in [0.25, 0.3) is 11.7 Å². The van der Waals surface area contributed by atoms with Gasteiger partial charge in [0, 0.05) is 12.0 Å². The lowest BCUT2D eigenvalue weighted by atomic mass is 10.3. The van der Waals surface area contributed by atoms with E-state index < -0.39 is 5.97 Å². The number of furan rings is 1. The minimum atomic E-state index is -0.895. The third-order valence-corrected chi connectivity index (χ3v) is 2.08. The van der Waals surface area contributed by atoms with Gasteiger partial charge in [-0.1, -0.05) is 0 Å². The zero-order valence-electron chi connectivity index (χ0n) is 8.64. The maximum absolute atomic E-state index is 10.4. The topological polar surface area (TPSA) is 89.4 Å². The van der Waals surface area contributed by atoms with E-state index in [2.05, 4.69) is 10.2 Å². The molecule has 16 heavy (non-hydrogen) atoms. The monoisotopic (exact) mass is 222 g/mol. The molecule has 0 amide bonds. The molecule has 0 saturated heterocycles. The summed E-state index contributed by atoms with van der Waals surface area (Å²) in [6, 6.07) is 1.79. The Bertz CT molecular complexity index is 500. The largest absolute Gasteiger partial charge is 0.481 e. The minimum Gasteiger partial charge on any atom is -0.481 e. The number of aryl methyl sites for hydroxylation is 2. The van der Waals surface area contributed by atoms with E-state index in [1.54, 1.807) is 6.07 Å². The molecular formula is C10H10N2O4. The molecule has 2 rings (SSSR count). The molecule has 84 valence electrons. The van der Waals surface area contributed by atoms with Crippen LogP contribution in [0.5, 0.6) is 0 Å². The molecule has 0 aliphatic carbocycles. The maximum Gasteiger partial charge on any atom is 0.303 e. The summed E-state index contributed by atoms with van der Waals surface area (Å²) < 4.78 is 10.5. The van der Waals surface area contributed by atoms with E-state index in [1.807, 2.05) is 6.92 Å². The van der Waals surface area contributed by atoms with Gasteiger partial charge in [-0.25, -0.2) is 0 Å². The second-order valence-corrected chi connectivity index (χ2v) is 3.33. The number of carboxylic acid groups (broad SMARTS) is 1. The number of hydrogen-bond acceptors (Lipinski definition) is 5. The number of aliphatic carboxylic acids is 1. The molecule has 6 nitrogen and oxygen atoms in total. The molecule has 2 aromatic rings. The molecule has 6 heteroatoms. The van der Waals surface area contributed by atoms with Gasteiger partial charge < -0.3 is 13.9 Å². The Balaban J connectivity index is 2.14. The van der Waals surface area contributed by atoms with Gasteiger partial charge in [-0.05, 0) is 13.0 Å².